The van der Waals surface area contributed by atoms with Gasteiger partial charge in [-0.1, -0.05) is 6.92 Å². The Morgan fingerprint density at radius 1 is 1.61 bits per heavy atom. The topological polar surface area (TPSA) is 66.4 Å². The summed E-state index contributed by atoms with van der Waals surface area (Å²) in [4.78, 5) is 4.30. The highest BCUT2D eigenvalue weighted by Crippen LogP contribution is 2.17. The molecule has 2 unspecified atom stereocenters. The molecule has 0 aliphatic carbocycles. The molecule has 2 rings (SSSR count). The predicted molar refractivity (Wildman–Crippen MR) is 72.3 cm³/mol. The number of nitrogens with one attached hydrogen (secondary N) is 2. The van der Waals surface area contributed by atoms with Gasteiger partial charge < -0.3 is 20.5 Å². The van der Waals surface area contributed by atoms with Crippen LogP contribution in [0.4, 0.5) is 0 Å². The van der Waals surface area contributed by atoms with Crippen LogP contribution in [0.5, 0.6) is 5.88 Å². The van der Waals surface area contributed by atoms with Gasteiger partial charge in [-0.2, -0.15) is 0 Å². The molecule has 5 nitrogen and oxygen atoms in total. The van der Waals surface area contributed by atoms with Crippen LogP contribution in [0.15, 0.2) is 5.38 Å². The third-order valence-corrected chi connectivity index (χ3v) is 3.91. The molecule has 3 N–H and O–H groups in total. The summed E-state index contributed by atoms with van der Waals surface area (Å²) in [5.74, 6) is 0.630. The van der Waals surface area contributed by atoms with Crippen LogP contribution >= 0.6 is 11.3 Å². The van der Waals surface area contributed by atoms with Crippen molar-refractivity contribution in [3.05, 3.63) is 10.4 Å². The molecule has 2 heterocycles. The molecule has 6 heteroatoms. The zero-order valence-corrected chi connectivity index (χ0v) is 11.5. The summed E-state index contributed by atoms with van der Waals surface area (Å²) in [5.41, 5.74) is 0. The van der Waals surface area contributed by atoms with Crippen molar-refractivity contribution in [2.45, 2.75) is 31.9 Å². The van der Waals surface area contributed by atoms with Crippen molar-refractivity contribution in [2.75, 3.05) is 26.2 Å². The smallest absolute Gasteiger partial charge is 0.224 e. The lowest BCUT2D eigenvalue weighted by Crippen LogP contribution is -2.49. The maximum absolute atomic E-state index is 9.91. The van der Waals surface area contributed by atoms with Gasteiger partial charge in [0.1, 0.15) is 6.61 Å². The van der Waals surface area contributed by atoms with Crippen molar-refractivity contribution in [1.29, 1.82) is 0 Å². The minimum atomic E-state index is -0.450. The first-order valence-electron chi connectivity index (χ1n) is 6.47. The van der Waals surface area contributed by atoms with Crippen LogP contribution < -0.4 is 15.4 Å². The summed E-state index contributed by atoms with van der Waals surface area (Å²) in [5, 5.41) is 19.5. The van der Waals surface area contributed by atoms with Crippen molar-refractivity contribution in [1.82, 2.24) is 15.6 Å². The van der Waals surface area contributed by atoms with E-state index in [9.17, 15) is 5.11 Å². The van der Waals surface area contributed by atoms with Crippen molar-refractivity contribution >= 4 is 11.3 Å². The maximum atomic E-state index is 9.91. The molecule has 2 atom stereocenters. The van der Waals surface area contributed by atoms with Gasteiger partial charge in [-0.25, -0.2) is 4.98 Å². The summed E-state index contributed by atoms with van der Waals surface area (Å²) in [7, 11) is 0. The first kappa shape index (κ1) is 13.7. The van der Waals surface area contributed by atoms with Gasteiger partial charge in [0, 0.05) is 25.7 Å². The number of ether oxygens (including phenoxy) is 1. The van der Waals surface area contributed by atoms with E-state index in [0.29, 0.717) is 24.9 Å². The predicted octanol–water partition coefficient (Wildman–Crippen LogP) is 0.397. The molecule has 1 aliphatic heterocycles. The van der Waals surface area contributed by atoms with E-state index in [4.69, 9.17) is 4.74 Å². The van der Waals surface area contributed by atoms with Crippen LogP contribution in [0.1, 0.15) is 18.4 Å². The van der Waals surface area contributed by atoms with Gasteiger partial charge in [-0.3, -0.25) is 0 Å². The molecular formula is C12H21N3O2S. The number of hydrogen-bond donors (Lipinski definition) is 3. The van der Waals surface area contributed by atoms with Crippen LogP contribution in [0.3, 0.4) is 0 Å². The maximum Gasteiger partial charge on any atom is 0.224 e. The Bertz CT molecular complexity index is 353. The van der Waals surface area contributed by atoms with Gasteiger partial charge in [-0.15, -0.1) is 11.3 Å². The zero-order valence-electron chi connectivity index (χ0n) is 10.7. The van der Waals surface area contributed by atoms with Crippen LogP contribution in [0, 0.1) is 0 Å². The lowest BCUT2D eigenvalue weighted by atomic mass is 10.1. The highest BCUT2D eigenvalue weighted by molar-refractivity contribution is 7.09. The quantitative estimate of drug-likeness (QED) is 0.699. The molecule has 1 saturated heterocycles. The first-order valence-corrected chi connectivity index (χ1v) is 7.35. The average Bonchev–Trinajstić information content (AvgIpc) is 2.85. The lowest BCUT2D eigenvalue weighted by Gasteiger charge is -2.26. The lowest BCUT2D eigenvalue weighted by molar-refractivity contribution is 0.0863. The largest absolute Gasteiger partial charge is 0.474 e. The van der Waals surface area contributed by atoms with Crippen molar-refractivity contribution in [3.63, 3.8) is 0 Å². The molecule has 0 amide bonds. The first-order chi connectivity index (χ1) is 8.78. The van der Waals surface area contributed by atoms with Crippen LogP contribution in [-0.2, 0) is 6.42 Å². The van der Waals surface area contributed by atoms with Gasteiger partial charge in [0.05, 0.1) is 16.5 Å². The number of thiazole rings is 1. The van der Waals surface area contributed by atoms with Gasteiger partial charge >= 0.3 is 0 Å². The van der Waals surface area contributed by atoms with E-state index in [2.05, 4.69) is 22.5 Å². The van der Waals surface area contributed by atoms with Crippen LogP contribution in [-0.4, -0.2) is 48.5 Å². The number of aliphatic hydroxyl groups is 1. The Hall–Kier alpha value is -0.690. The van der Waals surface area contributed by atoms with E-state index in [1.165, 1.54) is 0 Å². The highest BCUT2D eigenvalue weighted by atomic mass is 32.1. The molecule has 1 fully saturated rings. The summed E-state index contributed by atoms with van der Waals surface area (Å²) >= 11 is 1.60. The van der Waals surface area contributed by atoms with E-state index < -0.39 is 6.10 Å². The highest BCUT2D eigenvalue weighted by Gasteiger charge is 2.17. The van der Waals surface area contributed by atoms with E-state index in [1.807, 2.05) is 5.38 Å². The standard InChI is InChI=1S/C12H21N3O2S/c1-2-12-15-11(8-18-12)17-7-10(16)5-9-6-13-3-4-14-9/h8-10,13-14,16H,2-7H2,1H3. The Balaban J connectivity index is 1.68. The molecule has 1 aliphatic rings. The zero-order chi connectivity index (χ0) is 12.8. The summed E-state index contributed by atoms with van der Waals surface area (Å²) < 4.78 is 5.49. The normalized spacial score (nSPS) is 21.8. The number of piperazine rings is 1. The van der Waals surface area contributed by atoms with Crippen LogP contribution in [0.25, 0.3) is 0 Å². The fourth-order valence-corrected chi connectivity index (χ4v) is 2.65. The van der Waals surface area contributed by atoms with Crippen molar-refractivity contribution in [3.8, 4) is 5.88 Å². The van der Waals surface area contributed by atoms with Crippen molar-refractivity contribution < 1.29 is 9.84 Å². The fourth-order valence-electron chi connectivity index (χ4n) is 1.98. The van der Waals surface area contributed by atoms with E-state index in [0.717, 1.165) is 31.1 Å². The number of aryl methyl sites for hydroxylation is 1. The SMILES string of the molecule is CCc1nc(OCC(O)CC2CNCCN2)cs1. The van der Waals surface area contributed by atoms with E-state index in [1.54, 1.807) is 11.3 Å². The Morgan fingerprint density at radius 2 is 2.50 bits per heavy atom. The molecule has 102 valence electrons. The average molecular weight is 271 g/mol. The minimum absolute atomic E-state index is 0.311. The number of aliphatic hydroxyl groups excluding tert-OH is 1. The number of rotatable bonds is 6. The monoisotopic (exact) mass is 271 g/mol. The van der Waals surface area contributed by atoms with Gasteiger partial charge in [0.15, 0.2) is 0 Å². The minimum Gasteiger partial charge on any atom is -0.474 e. The second kappa shape index (κ2) is 7.04. The van der Waals surface area contributed by atoms with Gasteiger partial charge in [-0.05, 0) is 12.8 Å². The Kier molecular flexibility index (Phi) is 5.37. The second-order valence-electron chi connectivity index (χ2n) is 4.49. The Labute approximate surface area is 112 Å². The molecule has 0 saturated carbocycles. The van der Waals surface area contributed by atoms with Gasteiger partial charge in [0.25, 0.3) is 0 Å². The fraction of sp³-hybridized carbons (Fsp3) is 0.750. The molecule has 18 heavy (non-hydrogen) atoms. The molecular weight excluding hydrogens is 250 g/mol. The van der Waals surface area contributed by atoms with Crippen molar-refractivity contribution in [2.24, 2.45) is 0 Å². The molecule has 1 aromatic heterocycles. The molecule has 0 radical (unpaired) electrons. The summed E-state index contributed by atoms with van der Waals surface area (Å²) in [6.45, 7) is 5.25. The van der Waals surface area contributed by atoms with E-state index >= 15 is 0 Å². The molecule has 1 aromatic rings. The third kappa shape index (κ3) is 4.20. The van der Waals surface area contributed by atoms with Gasteiger partial charge in [0.2, 0.25) is 5.88 Å². The molecule has 0 spiro atoms. The number of aromatic nitrogens is 1. The second-order valence-corrected chi connectivity index (χ2v) is 5.43. The number of nitrogens with zero attached hydrogens (tertiary/aromatic N) is 1. The van der Waals surface area contributed by atoms with E-state index in [-0.39, 0.29) is 0 Å². The molecule has 0 aromatic carbocycles. The summed E-state index contributed by atoms with van der Waals surface area (Å²) in [6, 6.07) is 0.332. The van der Waals surface area contributed by atoms with Crippen LogP contribution in [0.2, 0.25) is 0 Å². The number of hydrogen-bond acceptors (Lipinski definition) is 6. The Morgan fingerprint density at radius 3 is 3.17 bits per heavy atom. The summed E-state index contributed by atoms with van der Waals surface area (Å²) in [6.07, 6.45) is 1.18. The molecule has 0 bridgehead atoms. The third-order valence-electron chi connectivity index (χ3n) is 2.94.